The zero-order valence-electron chi connectivity index (χ0n) is 9.10. The fourth-order valence-corrected chi connectivity index (χ4v) is 1.36. The topological polar surface area (TPSA) is 58.3 Å². The molecule has 0 unspecified atom stereocenters. The van der Waals surface area contributed by atoms with Crippen molar-refractivity contribution in [2.75, 3.05) is 5.32 Å². The van der Waals surface area contributed by atoms with E-state index in [2.05, 4.69) is 10.3 Å². The Morgan fingerprint density at radius 1 is 1.25 bits per heavy atom. The fraction of sp³-hybridized carbons (Fsp3) is 0.250. The molecule has 84 valence electrons. The van der Waals surface area contributed by atoms with Crippen LogP contribution in [0.5, 0.6) is 0 Å². The van der Waals surface area contributed by atoms with Crippen LogP contribution in [0.25, 0.3) is 0 Å². The summed E-state index contributed by atoms with van der Waals surface area (Å²) in [6, 6.07) is 7.53. The Bertz CT molecular complexity index is 448. The summed E-state index contributed by atoms with van der Waals surface area (Å²) in [7, 11) is 0. The number of rotatable bonds is 4. The predicted octanol–water partition coefficient (Wildman–Crippen LogP) is 2.09. The lowest BCUT2D eigenvalue weighted by Crippen LogP contribution is -1.98. The van der Waals surface area contributed by atoms with E-state index in [1.807, 2.05) is 25.1 Å². The summed E-state index contributed by atoms with van der Waals surface area (Å²) in [5.74, 6) is 1.38. The lowest BCUT2D eigenvalue weighted by Gasteiger charge is -2.03. The molecule has 0 radical (unpaired) electrons. The number of pyridine rings is 1. The highest BCUT2D eigenvalue weighted by molar-refractivity contribution is 5.40. The van der Waals surface area contributed by atoms with Gasteiger partial charge in [0.2, 0.25) is 0 Å². The molecule has 4 nitrogen and oxygen atoms in total. The number of aliphatic hydroxyl groups is 1. The number of aryl methyl sites for hydroxylation is 1. The van der Waals surface area contributed by atoms with Gasteiger partial charge in [-0.3, -0.25) is 4.98 Å². The lowest BCUT2D eigenvalue weighted by molar-refractivity contribution is 0.244. The minimum absolute atomic E-state index is 0.0634. The van der Waals surface area contributed by atoms with E-state index < -0.39 is 0 Å². The molecule has 0 aromatic carbocycles. The molecule has 2 rings (SSSR count). The molecule has 0 aliphatic heterocycles. The third-order valence-corrected chi connectivity index (χ3v) is 2.25. The molecule has 0 spiro atoms. The maximum absolute atomic E-state index is 8.84. The fourth-order valence-electron chi connectivity index (χ4n) is 1.36. The van der Waals surface area contributed by atoms with Crippen LogP contribution in [0.4, 0.5) is 5.69 Å². The Labute approximate surface area is 93.9 Å². The first-order chi connectivity index (χ1) is 7.78. The number of anilines is 1. The van der Waals surface area contributed by atoms with E-state index in [1.54, 1.807) is 12.3 Å². The van der Waals surface area contributed by atoms with Crippen LogP contribution in [0, 0.1) is 6.92 Å². The number of nitrogens with zero attached hydrogens (tertiary/aromatic N) is 1. The van der Waals surface area contributed by atoms with Crippen molar-refractivity contribution in [2.24, 2.45) is 0 Å². The zero-order valence-corrected chi connectivity index (χ0v) is 9.10. The lowest BCUT2D eigenvalue weighted by atomic mass is 10.3. The molecular formula is C12H14N2O2. The van der Waals surface area contributed by atoms with Gasteiger partial charge in [-0.25, -0.2) is 0 Å². The molecular weight excluding hydrogens is 204 g/mol. The van der Waals surface area contributed by atoms with Crippen LogP contribution in [-0.2, 0) is 13.2 Å². The summed E-state index contributed by atoms with van der Waals surface area (Å²) in [5, 5.41) is 12.0. The first-order valence-corrected chi connectivity index (χ1v) is 5.13. The number of hydrogen-bond donors (Lipinski definition) is 2. The van der Waals surface area contributed by atoms with Crippen LogP contribution in [0.2, 0.25) is 0 Å². The molecule has 0 saturated heterocycles. The minimum atomic E-state index is -0.0634. The Kier molecular flexibility index (Phi) is 3.22. The van der Waals surface area contributed by atoms with Gasteiger partial charge in [0.15, 0.2) is 0 Å². The SMILES string of the molecule is Cc1ccc(NCc2ccc(CO)o2)cn1. The Morgan fingerprint density at radius 2 is 2.06 bits per heavy atom. The van der Waals surface area contributed by atoms with Gasteiger partial charge in [-0.1, -0.05) is 0 Å². The largest absolute Gasteiger partial charge is 0.462 e. The number of aliphatic hydroxyl groups excluding tert-OH is 1. The van der Waals surface area contributed by atoms with Gasteiger partial charge in [-0.2, -0.15) is 0 Å². The molecule has 2 aromatic heterocycles. The molecule has 4 heteroatoms. The standard InChI is InChI=1S/C12H14N2O2/c1-9-2-3-10(6-13-9)14-7-11-4-5-12(8-15)16-11/h2-6,14-15H,7-8H2,1H3. The first kappa shape index (κ1) is 10.7. The molecule has 2 N–H and O–H groups in total. The van der Waals surface area contributed by atoms with Crippen molar-refractivity contribution >= 4 is 5.69 Å². The number of hydrogen-bond acceptors (Lipinski definition) is 4. The summed E-state index contributed by atoms with van der Waals surface area (Å²) >= 11 is 0. The molecule has 0 aliphatic carbocycles. The highest BCUT2D eigenvalue weighted by Crippen LogP contribution is 2.11. The second kappa shape index (κ2) is 4.81. The number of aromatic nitrogens is 1. The summed E-state index contributed by atoms with van der Waals surface area (Å²) in [6.07, 6.45) is 1.78. The van der Waals surface area contributed by atoms with E-state index in [1.165, 1.54) is 0 Å². The summed E-state index contributed by atoms with van der Waals surface area (Å²) in [6.45, 7) is 2.47. The average molecular weight is 218 g/mol. The van der Waals surface area contributed by atoms with Gasteiger partial charge >= 0.3 is 0 Å². The monoisotopic (exact) mass is 218 g/mol. The molecule has 0 bridgehead atoms. The Morgan fingerprint density at radius 3 is 2.69 bits per heavy atom. The molecule has 0 fully saturated rings. The maximum Gasteiger partial charge on any atom is 0.129 e. The van der Waals surface area contributed by atoms with Crippen LogP contribution >= 0.6 is 0 Å². The second-order valence-corrected chi connectivity index (χ2v) is 3.57. The van der Waals surface area contributed by atoms with Crippen molar-refractivity contribution in [3.63, 3.8) is 0 Å². The zero-order chi connectivity index (χ0) is 11.4. The second-order valence-electron chi connectivity index (χ2n) is 3.57. The molecule has 0 amide bonds. The number of nitrogens with one attached hydrogen (secondary N) is 1. The molecule has 2 heterocycles. The van der Waals surface area contributed by atoms with Crippen LogP contribution in [-0.4, -0.2) is 10.1 Å². The van der Waals surface area contributed by atoms with Gasteiger partial charge in [0.1, 0.15) is 18.1 Å². The van der Waals surface area contributed by atoms with Crippen molar-refractivity contribution in [3.05, 3.63) is 47.7 Å². The smallest absolute Gasteiger partial charge is 0.129 e. The minimum Gasteiger partial charge on any atom is -0.462 e. The predicted molar refractivity (Wildman–Crippen MR) is 60.9 cm³/mol. The van der Waals surface area contributed by atoms with Gasteiger partial charge in [-0.15, -0.1) is 0 Å². The third kappa shape index (κ3) is 2.61. The summed E-state index contributed by atoms with van der Waals surface area (Å²) in [4.78, 5) is 4.18. The van der Waals surface area contributed by atoms with Gasteiger partial charge < -0.3 is 14.8 Å². The molecule has 2 aromatic rings. The third-order valence-electron chi connectivity index (χ3n) is 2.25. The van der Waals surface area contributed by atoms with Crippen LogP contribution in [0.3, 0.4) is 0 Å². The van der Waals surface area contributed by atoms with Crippen LogP contribution in [0.1, 0.15) is 17.2 Å². The Hall–Kier alpha value is -1.81. The summed E-state index contributed by atoms with van der Waals surface area (Å²) in [5.41, 5.74) is 1.94. The van der Waals surface area contributed by atoms with E-state index in [-0.39, 0.29) is 6.61 Å². The average Bonchev–Trinajstić information content (AvgIpc) is 2.76. The van der Waals surface area contributed by atoms with Crippen molar-refractivity contribution in [2.45, 2.75) is 20.1 Å². The van der Waals surface area contributed by atoms with E-state index in [4.69, 9.17) is 9.52 Å². The number of furan rings is 1. The molecule has 0 aliphatic rings. The van der Waals surface area contributed by atoms with Crippen molar-refractivity contribution in [1.29, 1.82) is 0 Å². The van der Waals surface area contributed by atoms with Gasteiger partial charge in [-0.05, 0) is 31.2 Å². The van der Waals surface area contributed by atoms with Crippen LogP contribution in [0.15, 0.2) is 34.9 Å². The normalized spacial score (nSPS) is 10.4. The van der Waals surface area contributed by atoms with Crippen molar-refractivity contribution < 1.29 is 9.52 Å². The van der Waals surface area contributed by atoms with Gasteiger partial charge in [0, 0.05) is 5.69 Å². The van der Waals surface area contributed by atoms with E-state index >= 15 is 0 Å². The van der Waals surface area contributed by atoms with E-state index in [0.29, 0.717) is 12.3 Å². The van der Waals surface area contributed by atoms with E-state index in [0.717, 1.165) is 17.1 Å². The molecule has 0 atom stereocenters. The molecule has 16 heavy (non-hydrogen) atoms. The van der Waals surface area contributed by atoms with Crippen molar-refractivity contribution in [3.8, 4) is 0 Å². The van der Waals surface area contributed by atoms with E-state index in [9.17, 15) is 0 Å². The maximum atomic E-state index is 8.84. The summed E-state index contributed by atoms with van der Waals surface area (Å²) < 4.78 is 5.35. The van der Waals surface area contributed by atoms with Crippen LogP contribution < -0.4 is 5.32 Å². The first-order valence-electron chi connectivity index (χ1n) is 5.13. The Balaban J connectivity index is 1.94. The quantitative estimate of drug-likeness (QED) is 0.825. The highest BCUT2D eigenvalue weighted by atomic mass is 16.4. The van der Waals surface area contributed by atoms with Crippen molar-refractivity contribution in [1.82, 2.24) is 4.98 Å². The highest BCUT2D eigenvalue weighted by Gasteiger charge is 2.00. The van der Waals surface area contributed by atoms with Gasteiger partial charge in [0.05, 0.1) is 18.4 Å². The van der Waals surface area contributed by atoms with Gasteiger partial charge in [0.25, 0.3) is 0 Å². The molecule has 0 saturated carbocycles.